The van der Waals surface area contributed by atoms with Crippen LogP contribution in [0.25, 0.3) is 16.9 Å². The zero-order valence-corrected chi connectivity index (χ0v) is 13.2. The summed E-state index contributed by atoms with van der Waals surface area (Å²) in [6.07, 6.45) is 0. The minimum Gasteiger partial charge on any atom is -0.461 e. The fraction of sp³-hybridized carbons (Fsp3) is 0.158. The normalized spacial score (nSPS) is 10.5. The predicted molar refractivity (Wildman–Crippen MR) is 89.7 cm³/mol. The number of carbonyl (C=O) groups excluding carboxylic acids is 1. The lowest BCUT2D eigenvalue weighted by molar-refractivity contribution is 0.0519. The topological polar surface area (TPSA) is 44.1 Å². The highest BCUT2D eigenvalue weighted by molar-refractivity contribution is 5.89. The van der Waals surface area contributed by atoms with Gasteiger partial charge in [-0.25, -0.2) is 9.48 Å². The van der Waals surface area contributed by atoms with E-state index in [1.54, 1.807) is 17.7 Å². The summed E-state index contributed by atoms with van der Waals surface area (Å²) in [6, 6.07) is 19.6. The molecule has 0 N–H and O–H groups in total. The van der Waals surface area contributed by atoms with Gasteiger partial charge in [0.15, 0.2) is 5.69 Å². The molecule has 0 aliphatic heterocycles. The first-order valence-electron chi connectivity index (χ1n) is 7.59. The summed E-state index contributed by atoms with van der Waals surface area (Å²) >= 11 is 0. The highest BCUT2D eigenvalue weighted by Crippen LogP contribution is 2.25. The van der Waals surface area contributed by atoms with Gasteiger partial charge in [-0.2, -0.15) is 5.10 Å². The molecule has 0 spiro atoms. The first-order valence-corrected chi connectivity index (χ1v) is 7.59. The van der Waals surface area contributed by atoms with Gasteiger partial charge in [0.05, 0.1) is 18.0 Å². The minimum atomic E-state index is -0.406. The van der Waals surface area contributed by atoms with E-state index in [4.69, 9.17) is 4.74 Å². The van der Waals surface area contributed by atoms with Crippen molar-refractivity contribution in [3.8, 4) is 16.9 Å². The average molecular weight is 306 g/mol. The van der Waals surface area contributed by atoms with Crippen LogP contribution in [-0.2, 0) is 4.74 Å². The summed E-state index contributed by atoms with van der Waals surface area (Å²) in [5.41, 5.74) is 4.21. The number of benzene rings is 2. The molecular weight excluding hydrogens is 288 g/mol. The van der Waals surface area contributed by atoms with Crippen LogP contribution in [0.4, 0.5) is 0 Å². The number of nitrogens with zero attached hydrogens (tertiary/aromatic N) is 2. The maximum Gasteiger partial charge on any atom is 0.358 e. The predicted octanol–water partition coefficient (Wildman–Crippen LogP) is 4.02. The zero-order chi connectivity index (χ0) is 16.2. The van der Waals surface area contributed by atoms with Crippen LogP contribution in [0.5, 0.6) is 0 Å². The number of carbonyl (C=O) groups is 1. The first-order chi connectivity index (χ1) is 11.2. The van der Waals surface area contributed by atoms with Crippen LogP contribution < -0.4 is 0 Å². The molecule has 4 heteroatoms. The second-order valence-electron chi connectivity index (χ2n) is 5.20. The van der Waals surface area contributed by atoms with Crippen molar-refractivity contribution < 1.29 is 9.53 Å². The van der Waals surface area contributed by atoms with Gasteiger partial charge in [-0.3, -0.25) is 0 Å². The van der Waals surface area contributed by atoms with E-state index in [-0.39, 0.29) is 0 Å². The van der Waals surface area contributed by atoms with Crippen molar-refractivity contribution in [2.45, 2.75) is 13.8 Å². The second-order valence-corrected chi connectivity index (χ2v) is 5.20. The summed E-state index contributed by atoms with van der Waals surface area (Å²) in [5.74, 6) is -0.406. The molecular formula is C19H18N2O2. The molecule has 4 nitrogen and oxygen atoms in total. The monoisotopic (exact) mass is 306 g/mol. The minimum absolute atomic E-state index is 0.314. The van der Waals surface area contributed by atoms with E-state index < -0.39 is 5.97 Å². The molecule has 3 rings (SSSR count). The van der Waals surface area contributed by atoms with Crippen LogP contribution >= 0.6 is 0 Å². The van der Waals surface area contributed by atoms with Gasteiger partial charge in [-0.1, -0.05) is 48.5 Å². The molecule has 0 amide bonds. The van der Waals surface area contributed by atoms with E-state index in [1.807, 2.05) is 61.5 Å². The van der Waals surface area contributed by atoms with Crippen LogP contribution in [0.3, 0.4) is 0 Å². The molecule has 0 radical (unpaired) electrons. The molecule has 116 valence electrons. The van der Waals surface area contributed by atoms with E-state index >= 15 is 0 Å². The van der Waals surface area contributed by atoms with Gasteiger partial charge >= 0.3 is 5.97 Å². The van der Waals surface area contributed by atoms with Crippen LogP contribution in [0.2, 0.25) is 0 Å². The van der Waals surface area contributed by atoms with E-state index in [2.05, 4.69) is 5.10 Å². The highest BCUT2D eigenvalue weighted by atomic mass is 16.5. The summed E-state index contributed by atoms with van der Waals surface area (Å²) < 4.78 is 6.89. The molecule has 2 aromatic carbocycles. The van der Waals surface area contributed by atoms with Gasteiger partial charge in [-0.05, 0) is 31.5 Å². The number of hydrogen-bond donors (Lipinski definition) is 0. The summed E-state index contributed by atoms with van der Waals surface area (Å²) in [5, 5.41) is 4.48. The fourth-order valence-corrected chi connectivity index (χ4v) is 2.49. The summed E-state index contributed by atoms with van der Waals surface area (Å²) in [7, 11) is 0. The molecule has 1 aromatic heterocycles. The Morgan fingerprint density at radius 2 is 1.78 bits per heavy atom. The van der Waals surface area contributed by atoms with Crippen LogP contribution in [0.15, 0.2) is 60.7 Å². The van der Waals surface area contributed by atoms with Gasteiger partial charge in [0.25, 0.3) is 0 Å². The smallest absolute Gasteiger partial charge is 0.358 e. The Labute approximate surface area is 135 Å². The van der Waals surface area contributed by atoms with Crippen molar-refractivity contribution in [1.82, 2.24) is 9.78 Å². The maximum absolute atomic E-state index is 12.1. The number of para-hydroxylation sites is 1. The second kappa shape index (κ2) is 6.48. The summed E-state index contributed by atoms with van der Waals surface area (Å²) in [6.45, 7) is 4.14. The number of hydrogen-bond acceptors (Lipinski definition) is 3. The van der Waals surface area contributed by atoms with E-state index in [0.29, 0.717) is 12.3 Å². The number of aromatic nitrogens is 2. The molecule has 0 bridgehead atoms. The number of rotatable bonds is 4. The third-order valence-corrected chi connectivity index (χ3v) is 3.61. The zero-order valence-electron chi connectivity index (χ0n) is 13.2. The molecule has 0 fully saturated rings. The molecule has 0 aliphatic rings. The third kappa shape index (κ3) is 3.01. The largest absolute Gasteiger partial charge is 0.461 e. The number of aryl methyl sites for hydroxylation is 1. The van der Waals surface area contributed by atoms with E-state index in [9.17, 15) is 4.79 Å². The van der Waals surface area contributed by atoms with Crippen LogP contribution in [-0.4, -0.2) is 22.4 Å². The third-order valence-electron chi connectivity index (χ3n) is 3.61. The SMILES string of the molecule is CCOC(=O)c1cc(-c2ccccc2)n(-c2ccccc2C)n1. The highest BCUT2D eigenvalue weighted by Gasteiger charge is 2.18. The van der Waals surface area contributed by atoms with Crippen molar-refractivity contribution in [2.75, 3.05) is 6.61 Å². The Bertz CT molecular complexity index is 822. The Kier molecular flexibility index (Phi) is 4.24. The fourth-order valence-electron chi connectivity index (χ4n) is 2.49. The van der Waals surface area contributed by atoms with Gasteiger partial charge in [-0.15, -0.1) is 0 Å². The molecule has 0 saturated carbocycles. The van der Waals surface area contributed by atoms with Gasteiger partial charge in [0.1, 0.15) is 0 Å². The van der Waals surface area contributed by atoms with Crippen molar-refractivity contribution in [1.29, 1.82) is 0 Å². The quantitative estimate of drug-likeness (QED) is 0.684. The molecule has 0 saturated heterocycles. The Balaban J connectivity index is 2.17. The molecule has 0 unspecified atom stereocenters. The maximum atomic E-state index is 12.1. The van der Waals surface area contributed by atoms with Crippen LogP contribution in [0.1, 0.15) is 23.0 Å². The van der Waals surface area contributed by atoms with Crippen molar-refractivity contribution in [2.24, 2.45) is 0 Å². The van der Waals surface area contributed by atoms with Gasteiger partial charge in [0.2, 0.25) is 0 Å². The Morgan fingerprint density at radius 3 is 2.48 bits per heavy atom. The van der Waals surface area contributed by atoms with Crippen LogP contribution in [0, 0.1) is 6.92 Å². The Morgan fingerprint density at radius 1 is 1.09 bits per heavy atom. The molecule has 0 aliphatic carbocycles. The van der Waals surface area contributed by atoms with Gasteiger partial charge < -0.3 is 4.74 Å². The lowest BCUT2D eigenvalue weighted by atomic mass is 10.1. The van der Waals surface area contributed by atoms with E-state index in [0.717, 1.165) is 22.5 Å². The number of esters is 1. The Hall–Kier alpha value is -2.88. The molecule has 23 heavy (non-hydrogen) atoms. The van der Waals surface area contributed by atoms with Crippen molar-refractivity contribution in [3.05, 3.63) is 71.9 Å². The lowest BCUT2D eigenvalue weighted by Gasteiger charge is -2.10. The van der Waals surface area contributed by atoms with E-state index in [1.165, 1.54) is 0 Å². The van der Waals surface area contributed by atoms with Gasteiger partial charge in [0, 0.05) is 5.56 Å². The van der Waals surface area contributed by atoms with Crippen molar-refractivity contribution in [3.63, 3.8) is 0 Å². The van der Waals surface area contributed by atoms with Crippen molar-refractivity contribution >= 4 is 5.97 Å². The number of ether oxygens (including phenoxy) is 1. The molecule has 1 heterocycles. The summed E-state index contributed by atoms with van der Waals surface area (Å²) in [4.78, 5) is 12.1. The standard InChI is InChI=1S/C19H18N2O2/c1-3-23-19(22)16-13-18(15-10-5-4-6-11-15)21(20-16)17-12-8-7-9-14(17)2/h4-13H,3H2,1-2H3. The molecule has 0 atom stereocenters. The first kappa shape index (κ1) is 15.0. The average Bonchev–Trinajstić information content (AvgIpc) is 3.01. The molecule has 3 aromatic rings. The lowest BCUT2D eigenvalue weighted by Crippen LogP contribution is -2.07.